The van der Waals surface area contributed by atoms with E-state index in [-0.39, 0.29) is 5.82 Å². The molecule has 0 saturated carbocycles. The van der Waals surface area contributed by atoms with Crippen LogP contribution in [0, 0.1) is 5.82 Å². The van der Waals surface area contributed by atoms with Crippen molar-refractivity contribution in [2.45, 2.75) is 13.0 Å². The van der Waals surface area contributed by atoms with Crippen molar-refractivity contribution in [2.24, 2.45) is 0 Å². The van der Waals surface area contributed by atoms with E-state index in [0.717, 1.165) is 42.4 Å². The van der Waals surface area contributed by atoms with Gasteiger partial charge in [0.25, 0.3) is 0 Å². The van der Waals surface area contributed by atoms with Crippen LogP contribution >= 0.6 is 11.3 Å². The van der Waals surface area contributed by atoms with Crippen LogP contribution in [0.5, 0.6) is 0 Å². The fourth-order valence-corrected chi connectivity index (χ4v) is 2.50. The molecule has 0 aliphatic rings. The largest absolute Gasteiger partial charge is 0.385 e. The second-order valence-corrected chi connectivity index (χ2v) is 5.03. The highest BCUT2D eigenvalue weighted by Gasteiger charge is 2.04. The highest BCUT2D eigenvalue weighted by Crippen LogP contribution is 2.23. The van der Waals surface area contributed by atoms with Crippen molar-refractivity contribution in [1.29, 1.82) is 0 Å². The van der Waals surface area contributed by atoms with E-state index < -0.39 is 0 Å². The molecule has 0 atom stereocenters. The van der Waals surface area contributed by atoms with Crippen LogP contribution in [0.25, 0.3) is 10.6 Å². The number of rotatable bonds is 7. The van der Waals surface area contributed by atoms with Gasteiger partial charge in [-0.3, -0.25) is 0 Å². The number of aromatic nitrogens is 1. The van der Waals surface area contributed by atoms with Crippen molar-refractivity contribution >= 4 is 11.3 Å². The van der Waals surface area contributed by atoms with Crippen molar-refractivity contribution < 1.29 is 9.13 Å². The van der Waals surface area contributed by atoms with Crippen LogP contribution in [0.4, 0.5) is 4.39 Å². The van der Waals surface area contributed by atoms with Crippen molar-refractivity contribution in [1.82, 2.24) is 10.3 Å². The van der Waals surface area contributed by atoms with Crippen LogP contribution in [-0.4, -0.2) is 25.2 Å². The second kappa shape index (κ2) is 7.33. The quantitative estimate of drug-likeness (QED) is 0.791. The molecular weight excluding hydrogens is 263 g/mol. The molecule has 0 spiro atoms. The lowest BCUT2D eigenvalue weighted by Crippen LogP contribution is -2.16. The van der Waals surface area contributed by atoms with Crippen molar-refractivity contribution in [3.8, 4) is 10.6 Å². The Morgan fingerprint density at radius 3 is 2.84 bits per heavy atom. The maximum absolute atomic E-state index is 12.8. The molecule has 102 valence electrons. The first-order valence-corrected chi connectivity index (χ1v) is 7.07. The summed E-state index contributed by atoms with van der Waals surface area (Å²) in [6, 6.07) is 6.42. The molecule has 1 aromatic heterocycles. The minimum absolute atomic E-state index is 0.222. The fourth-order valence-electron chi connectivity index (χ4n) is 1.67. The first-order valence-electron chi connectivity index (χ1n) is 6.19. The predicted octanol–water partition coefficient (Wildman–Crippen LogP) is 3.08. The molecule has 2 rings (SSSR count). The van der Waals surface area contributed by atoms with Gasteiger partial charge in [-0.1, -0.05) is 0 Å². The maximum atomic E-state index is 12.8. The average molecular weight is 280 g/mol. The first-order chi connectivity index (χ1) is 9.29. The van der Waals surface area contributed by atoms with Crippen LogP contribution in [0.2, 0.25) is 0 Å². The number of benzene rings is 1. The molecule has 0 amide bonds. The number of nitrogens with one attached hydrogen (secondary N) is 1. The summed E-state index contributed by atoms with van der Waals surface area (Å²) in [6.07, 6.45) is 0.992. The molecule has 1 N–H and O–H groups in total. The van der Waals surface area contributed by atoms with Crippen LogP contribution < -0.4 is 5.32 Å². The van der Waals surface area contributed by atoms with Crippen molar-refractivity contribution in [3.63, 3.8) is 0 Å². The Morgan fingerprint density at radius 2 is 2.11 bits per heavy atom. The van der Waals surface area contributed by atoms with Gasteiger partial charge in [0.05, 0.1) is 5.69 Å². The van der Waals surface area contributed by atoms with E-state index in [0.29, 0.717) is 0 Å². The third kappa shape index (κ3) is 4.38. The zero-order valence-electron chi connectivity index (χ0n) is 10.9. The zero-order valence-corrected chi connectivity index (χ0v) is 11.7. The van der Waals surface area contributed by atoms with E-state index >= 15 is 0 Å². The molecule has 0 saturated heterocycles. The Kier molecular flexibility index (Phi) is 5.44. The lowest BCUT2D eigenvalue weighted by Gasteiger charge is -2.01. The van der Waals surface area contributed by atoms with Crippen molar-refractivity contribution in [2.75, 3.05) is 20.3 Å². The van der Waals surface area contributed by atoms with E-state index in [1.165, 1.54) is 12.1 Å². The lowest BCUT2D eigenvalue weighted by atomic mass is 10.2. The molecule has 0 bridgehead atoms. The first kappa shape index (κ1) is 14.1. The Morgan fingerprint density at radius 1 is 1.32 bits per heavy atom. The summed E-state index contributed by atoms with van der Waals surface area (Å²) in [4.78, 5) is 4.53. The molecule has 0 fully saturated rings. The van der Waals surface area contributed by atoms with Gasteiger partial charge in [-0.05, 0) is 37.2 Å². The van der Waals surface area contributed by atoms with Gasteiger partial charge in [-0.2, -0.15) is 0 Å². The summed E-state index contributed by atoms with van der Waals surface area (Å²) >= 11 is 1.58. The van der Waals surface area contributed by atoms with Crippen LogP contribution in [0.1, 0.15) is 12.1 Å². The van der Waals surface area contributed by atoms with E-state index in [1.54, 1.807) is 30.6 Å². The van der Waals surface area contributed by atoms with Crippen molar-refractivity contribution in [3.05, 3.63) is 41.2 Å². The van der Waals surface area contributed by atoms with Gasteiger partial charge in [0.15, 0.2) is 0 Å². The lowest BCUT2D eigenvalue weighted by molar-refractivity contribution is 0.194. The minimum Gasteiger partial charge on any atom is -0.385 e. The number of ether oxygens (including phenoxy) is 1. The second-order valence-electron chi connectivity index (χ2n) is 4.17. The molecule has 0 aliphatic carbocycles. The van der Waals surface area contributed by atoms with E-state index in [4.69, 9.17) is 4.74 Å². The van der Waals surface area contributed by atoms with E-state index in [9.17, 15) is 4.39 Å². The molecule has 0 aliphatic heterocycles. The summed E-state index contributed by atoms with van der Waals surface area (Å²) in [6.45, 7) is 2.43. The molecule has 0 unspecified atom stereocenters. The number of thiazole rings is 1. The molecular formula is C14H17FN2OS. The molecule has 0 radical (unpaired) electrons. The molecule has 1 aromatic carbocycles. The third-order valence-electron chi connectivity index (χ3n) is 2.65. The van der Waals surface area contributed by atoms with Gasteiger partial charge in [0.2, 0.25) is 0 Å². The standard InChI is InChI=1S/C14H17FN2OS/c1-18-8-2-7-16-9-13-10-19-14(17-13)11-3-5-12(15)6-4-11/h3-6,10,16H,2,7-9H2,1H3. The van der Waals surface area contributed by atoms with Gasteiger partial charge in [-0.15, -0.1) is 11.3 Å². The zero-order chi connectivity index (χ0) is 13.5. The Labute approximate surface area is 116 Å². The summed E-state index contributed by atoms with van der Waals surface area (Å²) in [7, 11) is 1.70. The Bertz CT molecular complexity index is 498. The number of methoxy groups -OCH3 is 1. The van der Waals surface area contributed by atoms with Gasteiger partial charge < -0.3 is 10.1 Å². The Balaban J connectivity index is 1.86. The third-order valence-corrected chi connectivity index (χ3v) is 3.59. The van der Waals surface area contributed by atoms with Crippen LogP contribution in [0.3, 0.4) is 0 Å². The highest BCUT2D eigenvalue weighted by molar-refractivity contribution is 7.13. The smallest absolute Gasteiger partial charge is 0.123 e. The summed E-state index contributed by atoms with van der Waals surface area (Å²) < 4.78 is 17.8. The molecule has 19 heavy (non-hydrogen) atoms. The minimum atomic E-state index is -0.222. The van der Waals surface area contributed by atoms with Gasteiger partial charge in [-0.25, -0.2) is 9.37 Å². The van der Waals surface area contributed by atoms with Gasteiger partial charge in [0, 0.05) is 31.2 Å². The number of nitrogens with zero attached hydrogens (tertiary/aromatic N) is 1. The highest BCUT2D eigenvalue weighted by atomic mass is 32.1. The van der Waals surface area contributed by atoms with Crippen LogP contribution in [-0.2, 0) is 11.3 Å². The van der Waals surface area contributed by atoms with Gasteiger partial charge >= 0.3 is 0 Å². The van der Waals surface area contributed by atoms with E-state index in [2.05, 4.69) is 10.3 Å². The molecule has 5 heteroatoms. The summed E-state index contributed by atoms with van der Waals surface area (Å²) in [5, 5.41) is 6.27. The number of halogens is 1. The Hall–Kier alpha value is -1.30. The number of hydrogen-bond acceptors (Lipinski definition) is 4. The number of hydrogen-bond donors (Lipinski definition) is 1. The predicted molar refractivity (Wildman–Crippen MR) is 75.7 cm³/mol. The van der Waals surface area contributed by atoms with Gasteiger partial charge in [0.1, 0.15) is 10.8 Å². The molecule has 3 nitrogen and oxygen atoms in total. The topological polar surface area (TPSA) is 34.1 Å². The normalized spacial score (nSPS) is 10.8. The van der Waals surface area contributed by atoms with E-state index in [1.807, 2.05) is 5.38 Å². The average Bonchev–Trinajstić information content (AvgIpc) is 2.88. The monoisotopic (exact) mass is 280 g/mol. The summed E-state index contributed by atoms with van der Waals surface area (Å²) in [5.74, 6) is -0.222. The fraction of sp³-hybridized carbons (Fsp3) is 0.357. The van der Waals surface area contributed by atoms with Crippen LogP contribution in [0.15, 0.2) is 29.6 Å². The molecule has 1 heterocycles. The molecule has 2 aromatic rings. The summed E-state index contributed by atoms with van der Waals surface area (Å²) in [5.41, 5.74) is 1.97. The SMILES string of the molecule is COCCCNCc1csc(-c2ccc(F)cc2)n1. The maximum Gasteiger partial charge on any atom is 0.123 e.